The van der Waals surface area contributed by atoms with Crippen molar-refractivity contribution < 1.29 is 19.4 Å². The van der Waals surface area contributed by atoms with Crippen molar-refractivity contribution in [2.45, 2.75) is 39.2 Å². The highest BCUT2D eigenvalue weighted by molar-refractivity contribution is 6.52. The quantitative estimate of drug-likeness (QED) is 0.183. The third-order valence-electron chi connectivity index (χ3n) is 7.17. The second kappa shape index (κ2) is 9.49. The monoisotopic (exact) mass is 505 g/mol. The number of hydrogen-bond donors (Lipinski definition) is 1. The molecule has 0 bridgehead atoms. The lowest BCUT2D eigenvalue weighted by Gasteiger charge is -2.27. The first-order valence-corrected chi connectivity index (χ1v) is 12.7. The number of rotatable bonds is 4. The van der Waals surface area contributed by atoms with Gasteiger partial charge in [-0.1, -0.05) is 93.1 Å². The van der Waals surface area contributed by atoms with Crippen LogP contribution in [0.2, 0.25) is 0 Å². The molecular formula is C33H31NO4. The number of aliphatic hydroxyl groups excluding tert-OH is 1. The van der Waals surface area contributed by atoms with Crippen molar-refractivity contribution in [2.24, 2.45) is 0 Å². The van der Waals surface area contributed by atoms with Crippen LogP contribution in [-0.2, 0) is 15.0 Å². The van der Waals surface area contributed by atoms with Gasteiger partial charge in [-0.15, -0.1) is 0 Å². The van der Waals surface area contributed by atoms with E-state index in [0.717, 1.165) is 27.5 Å². The van der Waals surface area contributed by atoms with Gasteiger partial charge < -0.3 is 9.84 Å². The van der Waals surface area contributed by atoms with Crippen LogP contribution in [0.5, 0.6) is 5.75 Å². The average Bonchev–Trinajstić information content (AvgIpc) is 3.17. The van der Waals surface area contributed by atoms with E-state index in [1.165, 1.54) is 12.0 Å². The Kier molecular flexibility index (Phi) is 6.31. The molecule has 1 aliphatic heterocycles. The van der Waals surface area contributed by atoms with Crippen LogP contribution in [0.4, 0.5) is 5.69 Å². The lowest BCUT2D eigenvalue weighted by atomic mass is 9.85. The number of hydrogen-bond acceptors (Lipinski definition) is 4. The first kappa shape index (κ1) is 25.3. The van der Waals surface area contributed by atoms with Crippen molar-refractivity contribution in [3.63, 3.8) is 0 Å². The van der Waals surface area contributed by atoms with E-state index < -0.39 is 17.7 Å². The maximum absolute atomic E-state index is 13.7. The summed E-state index contributed by atoms with van der Waals surface area (Å²) >= 11 is 0. The lowest BCUT2D eigenvalue weighted by molar-refractivity contribution is -0.132. The Morgan fingerprint density at radius 1 is 0.895 bits per heavy atom. The van der Waals surface area contributed by atoms with E-state index in [0.29, 0.717) is 17.0 Å². The third-order valence-corrected chi connectivity index (χ3v) is 7.17. The number of benzene rings is 4. The van der Waals surface area contributed by atoms with Crippen LogP contribution in [0.3, 0.4) is 0 Å². The third kappa shape index (κ3) is 4.24. The highest BCUT2D eigenvalue weighted by Crippen LogP contribution is 2.45. The van der Waals surface area contributed by atoms with Crippen molar-refractivity contribution in [1.29, 1.82) is 0 Å². The zero-order valence-electron chi connectivity index (χ0n) is 22.3. The van der Waals surface area contributed by atoms with Crippen LogP contribution in [0, 0.1) is 6.92 Å². The van der Waals surface area contributed by atoms with E-state index >= 15 is 0 Å². The number of nitrogens with zero attached hydrogens (tertiary/aromatic N) is 1. The van der Waals surface area contributed by atoms with Crippen LogP contribution >= 0.6 is 0 Å². The molecule has 1 amide bonds. The van der Waals surface area contributed by atoms with Gasteiger partial charge in [-0.25, -0.2) is 0 Å². The number of fused-ring (bicyclic) bond motifs is 1. The Balaban J connectivity index is 1.79. The van der Waals surface area contributed by atoms with Crippen LogP contribution in [0.1, 0.15) is 49.1 Å². The molecule has 192 valence electrons. The largest absolute Gasteiger partial charge is 0.507 e. The minimum absolute atomic E-state index is 0.0374. The van der Waals surface area contributed by atoms with E-state index in [2.05, 4.69) is 20.8 Å². The van der Waals surface area contributed by atoms with Crippen LogP contribution in [0.15, 0.2) is 90.5 Å². The molecule has 1 N–H and O–H groups in total. The number of aliphatic hydroxyl groups is 1. The summed E-state index contributed by atoms with van der Waals surface area (Å²) in [5.41, 5.74) is 3.72. The Morgan fingerprint density at radius 3 is 2.26 bits per heavy atom. The molecule has 5 nitrogen and oxygen atoms in total. The molecular weight excluding hydrogens is 474 g/mol. The van der Waals surface area contributed by atoms with Gasteiger partial charge in [0.1, 0.15) is 11.5 Å². The second-order valence-electron chi connectivity index (χ2n) is 10.7. The molecule has 4 aromatic rings. The molecule has 0 aromatic heterocycles. The van der Waals surface area contributed by atoms with Gasteiger partial charge in [0.15, 0.2) is 0 Å². The van der Waals surface area contributed by atoms with Gasteiger partial charge in [-0.05, 0) is 47.1 Å². The Bertz CT molecular complexity index is 1590. The predicted octanol–water partition coefficient (Wildman–Crippen LogP) is 7.08. The van der Waals surface area contributed by atoms with Crippen molar-refractivity contribution >= 4 is 33.9 Å². The number of ketones is 1. The van der Waals surface area contributed by atoms with Crippen molar-refractivity contribution in [3.05, 3.63) is 113 Å². The fourth-order valence-electron chi connectivity index (χ4n) is 5.13. The zero-order chi connectivity index (χ0) is 27.2. The summed E-state index contributed by atoms with van der Waals surface area (Å²) in [4.78, 5) is 28.9. The summed E-state index contributed by atoms with van der Waals surface area (Å²) in [6.45, 7) is 8.30. The normalized spacial score (nSPS) is 17.3. The molecule has 0 spiro atoms. The lowest BCUT2D eigenvalue weighted by Crippen LogP contribution is -2.29. The number of aryl methyl sites for hydroxylation is 1. The first-order valence-electron chi connectivity index (χ1n) is 12.7. The standard InChI is InChI=1S/C33H31NO4/c1-20-13-18-27(38-5)25(19-20)30(35)28-29(22-14-16-23(17-15-22)33(2,3)4)34(32(37)31(28)36)26-12-8-10-21-9-6-7-11-24(21)26/h6-19,29,35H,1-5H3/b30-28+. The second-order valence-corrected chi connectivity index (χ2v) is 10.7. The van der Waals surface area contributed by atoms with Crippen LogP contribution in [-0.4, -0.2) is 23.9 Å². The SMILES string of the molecule is COc1ccc(C)cc1/C(O)=C1\C(=O)C(=O)N(c2cccc3ccccc23)C1c1ccc(C(C)(C)C)cc1. The van der Waals surface area contributed by atoms with Crippen LogP contribution in [0.25, 0.3) is 16.5 Å². The molecule has 1 fully saturated rings. The summed E-state index contributed by atoms with van der Waals surface area (Å²) < 4.78 is 5.50. The summed E-state index contributed by atoms with van der Waals surface area (Å²) in [5.74, 6) is -1.24. The van der Waals surface area contributed by atoms with E-state index in [9.17, 15) is 14.7 Å². The van der Waals surface area contributed by atoms with Crippen molar-refractivity contribution in [3.8, 4) is 5.75 Å². The minimum atomic E-state index is -0.819. The van der Waals surface area contributed by atoms with E-state index in [-0.39, 0.29) is 16.7 Å². The maximum Gasteiger partial charge on any atom is 0.300 e. The number of anilines is 1. The molecule has 4 aromatic carbocycles. The minimum Gasteiger partial charge on any atom is -0.507 e. The molecule has 5 rings (SSSR count). The van der Waals surface area contributed by atoms with Crippen molar-refractivity contribution in [2.75, 3.05) is 12.0 Å². The topological polar surface area (TPSA) is 66.8 Å². The molecule has 1 aliphatic rings. The number of amides is 1. The van der Waals surface area contributed by atoms with Crippen molar-refractivity contribution in [1.82, 2.24) is 0 Å². The molecule has 1 atom stereocenters. The molecule has 5 heteroatoms. The Labute approximate surface area is 223 Å². The zero-order valence-corrected chi connectivity index (χ0v) is 22.3. The van der Waals surface area contributed by atoms with E-state index in [1.54, 1.807) is 12.1 Å². The van der Waals surface area contributed by atoms with Gasteiger partial charge in [0.2, 0.25) is 0 Å². The van der Waals surface area contributed by atoms with Gasteiger partial charge in [-0.2, -0.15) is 0 Å². The molecule has 0 aliphatic carbocycles. The number of ether oxygens (including phenoxy) is 1. The highest BCUT2D eigenvalue weighted by Gasteiger charge is 2.47. The molecule has 38 heavy (non-hydrogen) atoms. The predicted molar refractivity (Wildman–Crippen MR) is 152 cm³/mol. The number of Topliss-reactive ketones (excluding diaryl/α,β-unsaturated/α-hetero) is 1. The van der Waals surface area contributed by atoms with Gasteiger partial charge >= 0.3 is 0 Å². The Morgan fingerprint density at radius 2 is 1.58 bits per heavy atom. The van der Waals surface area contributed by atoms with Gasteiger partial charge in [0.05, 0.1) is 30.0 Å². The van der Waals surface area contributed by atoms with Crippen LogP contribution < -0.4 is 9.64 Å². The number of carbonyl (C=O) groups excluding carboxylic acids is 2. The molecule has 1 heterocycles. The fraction of sp³-hybridized carbons (Fsp3) is 0.212. The summed E-state index contributed by atoms with van der Waals surface area (Å²) in [6.07, 6.45) is 0. The number of methoxy groups -OCH3 is 1. The molecule has 0 saturated carbocycles. The Hall–Kier alpha value is -4.38. The first-order chi connectivity index (χ1) is 18.1. The highest BCUT2D eigenvalue weighted by atomic mass is 16.5. The van der Waals surface area contributed by atoms with Gasteiger partial charge in [-0.3, -0.25) is 14.5 Å². The molecule has 0 radical (unpaired) electrons. The van der Waals surface area contributed by atoms with Gasteiger partial charge in [0, 0.05) is 5.39 Å². The van der Waals surface area contributed by atoms with E-state index in [4.69, 9.17) is 4.74 Å². The van der Waals surface area contributed by atoms with Gasteiger partial charge in [0.25, 0.3) is 11.7 Å². The maximum atomic E-state index is 13.7. The summed E-state index contributed by atoms with van der Waals surface area (Å²) in [7, 11) is 1.51. The fourth-order valence-corrected chi connectivity index (χ4v) is 5.13. The summed E-state index contributed by atoms with van der Waals surface area (Å²) in [6, 6.07) is 25.9. The average molecular weight is 506 g/mol. The molecule has 1 saturated heterocycles. The smallest absolute Gasteiger partial charge is 0.300 e. The molecule has 1 unspecified atom stereocenters. The summed E-state index contributed by atoms with van der Waals surface area (Å²) in [5, 5.41) is 13.4. The number of carbonyl (C=O) groups is 2. The van der Waals surface area contributed by atoms with E-state index in [1.807, 2.05) is 79.7 Å².